The Morgan fingerprint density at radius 3 is 2.75 bits per heavy atom. The lowest BCUT2D eigenvalue weighted by atomic mass is 9.99. The van der Waals surface area contributed by atoms with E-state index in [9.17, 15) is 10.1 Å². The topological polar surface area (TPSA) is 96.2 Å². The van der Waals surface area contributed by atoms with Crippen LogP contribution in [0.3, 0.4) is 0 Å². The first-order valence-electron chi connectivity index (χ1n) is 6.66. The van der Waals surface area contributed by atoms with E-state index in [4.69, 9.17) is 0 Å². The fourth-order valence-corrected chi connectivity index (χ4v) is 2.45. The molecular formula is C12H20N6O2. The van der Waals surface area contributed by atoms with Crippen molar-refractivity contribution in [2.75, 3.05) is 31.3 Å². The Morgan fingerprint density at radius 1 is 1.45 bits per heavy atom. The molecule has 1 aromatic heterocycles. The van der Waals surface area contributed by atoms with Crippen molar-refractivity contribution in [2.45, 2.75) is 31.8 Å². The normalized spacial score (nSPS) is 23.4. The summed E-state index contributed by atoms with van der Waals surface area (Å²) in [4.78, 5) is 20.9. The number of aromatic nitrogens is 2. The van der Waals surface area contributed by atoms with Crippen molar-refractivity contribution >= 4 is 17.3 Å². The summed E-state index contributed by atoms with van der Waals surface area (Å²) in [7, 11) is 3.70. The number of rotatable bonds is 4. The second-order valence-electron chi connectivity index (χ2n) is 5.12. The molecule has 20 heavy (non-hydrogen) atoms. The molecule has 2 N–H and O–H groups in total. The van der Waals surface area contributed by atoms with E-state index >= 15 is 0 Å². The fraction of sp³-hybridized carbons (Fsp3) is 0.667. The van der Waals surface area contributed by atoms with Gasteiger partial charge in [-0.15, -0.1) is 0 Å². The third-order valence-electron chi connectivity index (χ3n) is 3.79. The molecule has 0 radical (unpaired) electrons. The molecule has 0 bridgehead atoms. The number of hydrogen-bond acceptors (Lipinski definition) is 7. The summed E-state index contributed by atoms with van der Waals surface area (Å²) in [5.74, 6) is 0.518. The lowest BCUT2D eigenvalue weighted by molar-refractivity contribution is -0.383. The second-order valence-corrected chi connectivity index (χ2v) is 5.12. The van der Waals surface area contributed by atoms with Crippen molar-refractivity contribution in [3.63, 3.8) is 0 Å². The van der Waals surface area contributed by atoms with Gasteiger partial charge in [0.1, 0.15) is 6.33 Å². The number of nitrogens with one attached hydrogen (secondary N) is 2. The van der Waals surface area contributed by atoms with Crippen LogP contribution in [-0.4, -0.2) is 52.5 Å². The Morgan fingerprint density at radius 2 is 2.15 bits per heavy atom. The zero-order valence-electron chi connectivity index (χ0n) is 12.0. The van der Waals surface area contributed by atoms with E-state index < -0.39 is 4.92 Å². The van der Waals surface area contributed by atoms with Crippen molar-refractivity contribution in [1.82, 2.24) is 14.9 Å². The quantitative estimate of drug-likeness (QED) is 0.634. The molecule has 2 heterocycles. The lowest BCUT2D eigenvalue weighted by Crippen LogP contribution is -2.42. The zero-order valence-corrected chi connectivity index (χ0v) is 12.0. The molecule has 2 unspecified atom stereocenters. The average Bonchev–Trinajstić information content (AvgIpc) is 2.42. The lowest BCUT2D eigenvalue weighted by Gasteiger charge is -2.35. The Bertz CT molecular complexity index is 495. The summed E-state index contributed by atoms with van der Waals surface area (Å²) >= 11 is 0. The highest BCUT2D eigenvalue weighted by Gasteiger charge is 2.27. The minimum atomic E-state index is -0.452. The SMILES string of the molecule is CNc1ncnc(NC2CCN(C)C(C)C2)c1[N+](=O)[O-]. The smallest absolute Gasteiger partial charge is 0.353 e. The van der Waals surface area contributed by atoms with Crippen molar-refractivity contribution < 1.29 is 4.92 Å². The molecule has 1 aliphatic heterocycles. The highest BCUT2D eigenvalue weighted by atomic mass is 16.6. The largest absolute Gasteiger partial charge is 0.367 e. The summed E-state index contributed by atoms with van der Waals surface area (Å²) in [5.41, 5.74) is -0.0958. The molecule has 8 nitrogen and oxygen atoms in total. The molecule has 0 aliphatic carbocycles. The van der Waals surface area contributed by atoms with Gasteiger partial charge in [-0.3, -0.25) is 10.1 Å². The molecule has 8 heteroatoms. The average molecular weight is 280 g/mol. The first kappa shape index (κ1) is 14.4. The maximum atomic E-state index is 11.2. The van der Waals surface area contributed by atoms with Crippen LogP contribution in [0.1, 0.15) is 19.8 Å². The molecule has 2 atom stereocenters. The van der Waals surface area contributed by atoms with Gasteiger partial charge in [0.25, 0.3) is 0 Å². The van der Waals surface area contributed by atoms with Crippen LogP contribution >= 0.6 is 0 Å². The minimum Gasteiger partial charge on any atom is -0.367 e. The molecule has 0 aromatic carbocycles. The zero-order chi connectivity index (χ0) is 14.7. The maximum absolute atomic E-state index is 11.2. The molecule has 0 saturated carbocycles. The molecule has 1 saturated heterocycles. The summed E-state index contributed by atoms with van der Waals surface area (Å²) in [6.07, 6.45) is 3.21. The Kier molecular flexibility index (Phi) is 4.33. The predicted octanol–water partition coefficient (Wildman–Crippen LogP) is 1.32. The van der Waals surface area contributed by atoms with Crippen LogP contribution < -0.4 is 10.6 Å². The van der Waals surface area contributed by atoms with Gasteiger partial charge >= 0.3 is 5.69 Å². The van der Waals surface area contributed by atoms with Crippen LogP contribution in [0.2, 0.25) is 0 Å². The van der Waals surface area contributed by atoms with Gasteiger partial charge in [-0.1, -0.05) is 0 Å². The maximum Gasteiger partial charge on any atom is 0.353 e. The van der Waals surface area contributed by atoms with Gasteiger partial charge < -0.3 is 15.5 Å². The Labute approximate surface area is 117 Å². The molecule has 2 rings (SSSR count). The molecule has 1 aromatic rings. The summed E-state index contributed by atoms with van der Waals surface area (Å²) in [6, 6.07) is 0.644. The van der Waals surface area contributed by atoms with Gasteiger partial charge in [0, 0.05) is 25.7 Å². The number of anilines is 2. The number of piperidine rings is 1. The van der Waals surface area contributed by atoms with Gasteiger partial charge in [0.2, 0.25) is 11.6 Å². The number of nitro groups is 1. The van der Waals surface area contributed by atoms with Crippen LogP contribution in [0.15, 0.2) is 6.33 Å². The fourth-order valence-electron chi connectivity index (χ4n) is 2.45. The van der Waals surface area contributed by atoms with Gasteiger partial charge in [0.15, 0.2) is 0 Å². The standard InChI is InChI=1S/C12H20N6O2/c1-8-6-9(4-5-17(8)3)16-12-10(18(19)20)11(13-2)14-7-15-12/h7-9H,4-6H2,1-3H3,(H2,13,14,15,16). The third-order valence-corrected chi connectivity index (χ3v) is 3.79. The third kappa shape index (κ3) is 2.96. The number of likely N-dealkylation sites (tertiary alicyclic amines) is 1. The van der Waals surface area contributed by atoms with Gasteiger partial charge in [-0.05, 0) is 26.8 Å². The first-order valence-corrected chi connectivity index (χ1v) is 6.66. The van der Waals surface area contributed by atoms with E-state index in [1.807, 2.05) is 0 Å². The van der Waals surface area contributed by atoms with Gasteiger partial charge in [0.05, 0.1) is 4.92 Å². The molecule has 0 amide bonds. The van der Waals surface area contributed by atoms with E-state index in [1.165, 1.54) is 6.33 Å². The van der Waals surface area contributed by atoms with Crippen LogP contribution in [0.4, 0.5) is 17.3 Å². The number of nitrogens with zero attached hydrogens (tertiary/aromatic N) is 4. The van der Waals surface area contributed by atoms with Crippen molar-refractivity contribution in [1.29, 1.82) is 0 Å². The Balaban J connectivity index is 2.19. The van der Waals surface area contributed by atoms with Gasteiger partial charge in [-0.2, -0.15) is 0 Å². The minimum absolute atomic E-state index is 0.0958. The van der Waals surface area contributed by atoms with E-state index in [2.05, 4.69) is 39.5 Å². The molecule has 0 spiro atoms. The van der Waals surface area contributed by atoms with E-state index in [0.717, 1.165) is 19.4 Å². The van der Waals surface area contributed by atoms with Crippen LogP contribution in [0, 0.1) is 10.1 Å². The summed E-state index contributed by atoms with van der Waals surface area (Å²) < 4.78 is 0. The highest BCUT2D eigenvalue weighted by Crippen LogP contribution is 2.30. The molecular weight excluding hydrogens is 260 g/mol. The van der Waals surface area contributed by atoms with E-state index in [0.29, 0.717) is 6.04 Å². The van der Waals surface area contributed by atoms with Crippen LogP contribution in [0.5, 0.6) is 0 Å². The van der Waals surface area contributed by atoms with Crippen LogP contribution in [0.25, 0.3) is 0 Å². The predicted molar refractivity (Wildman–Crippen MR) is 77.0 cm³/mol. The van der Waals surface area contributed by atoms with E-state index in [-0.39, 0.29) is 23.4 Å². The van der Waals surface area contributed by atoms with Crippen LogP contribution in [-0.2, 0) is 0 Å². The first-order chi connectivity index (χ1) is 9.52. The van der Waals surface area contributed by atoms with Gasteiger partial charge in [-0.25, -0.2) is 9.97 Å². The number of hydrogen-bond donors (Lipinski definition) is 2. The van der Waals surface area contributed by atoms with Crippen molar-refractivity contribution in [2.24, 2.45) is 0 Å². The molecule has 110 valence electrons. The highest BCUT2D eigenvalue weighted by molar-refractivity contribution is 5.69. The molecule has 1 aliphatic rings. The summed E-state index contributed by atoms with van der Waals surface area (Å²) in [5, 5.41) is 17.1. The van der Waals surface area contributed by atoms with Crippen molar-refractivity contribution in [3.05, 3.63) is 16.4 Å². The second kappa shape index (κ2) is 6.00. The Hall–Kier alpha value is -1.96. The summed E-state index contributed by atoms with van der Waals surface area (Å²) in [6.45, 7) is 3.12. The van der Waals surface area contributed by atoms with Crippen molar-refractivity contribution in [3.8, 4) is 0 Å². The molecule has 1 fully saturated rings. The monoisotopic (exact) mass is 280 g/mol. The van der Waals surface area contributed by atoms with E-state index in [1.54, 1.807) is 7.05 Å².